The molecule has 1 aromatic heterocycles. The molecule has 0 amide bonds. The second-order valence-electron chi connectivity index (χ2n) is 4.30. The first kappa shape index (κ1) is 17.8. The lowest BCUT2D eigenvalue weighted by Crippen LogP contribution is -2.14. The van der Waals surface area contributed by atoms with Crippen molar-refractivity contribution in [1.82, 2.24) is 4.98 Å². The minimum absolute atomic E-state index is 0.00845. The molecule has 2 rings (SSSR count). The van der Waals surface area contributed by atoms with Crippen molar-refractivity contribution >= 4 is 40.8 Å². The summed E-state index contributed by atoms with van der Waals surface area (Å²) in [5, 5.41) is 0.173. The van der Waals surface area contributed by atoms with E-state index in [2.05, 4.69) is 9.72 Å². The lowest BCUT2D eigenvalue weighted by atomic mass is 10.0. The van der Waals surface area contributed by atoms with Gasteiger partial charge in [0.05, 0.1) is 22.2 Å². The van der Waals surface area contributed by atoms with Gasteiger partial charge in [-0.05, 0) is 18.2 Å². The smallest absolute Gasteiger partial charge is 0.433 e. The summed E-state index contributed by atoms with van der Waals surface area (Å²) in [6.45, 7) is 0. The van der Waals surface area contributed by atoms with Gasteiger partial charge in [-0.25, -0.2) is 9.78 Å². The number of ether oxygens (including phenoxy) is 1. The molecule has 3 nitrogen and oxygen atoms in total. The van der Waals surface area contributed by atoms with E-state index in [1.54, 1.807) is 0 Å². The molecule has 0 saturated heterocycles. The fraction of sp³-hybridized carbons (Fsp3) is 0.143. The molecule has 122 valence electrons. The van der Waals surface area contributed by atoms with Gasteiger partial charge in [0.2, 0.25) is 0 Å². The maximum Gasteiger partial charge on any atom is 0.433 e. The minimum Gasteiger partial charge on any atom is -0.464 e. The third-order valence-electron chi connectivity index (χ3n) is 2.89. The fourth-order valence-corrected chi connectivity index (χ4v) is 2.46. The Bertz CT molecular complexity index is 779. The van der Waals surface area contributed by atoms with Gasteiger partial charge in [0.15, 0.2) is 5.69 Å². The van der Waals surface area contributed by atoms with Crippen LogP contribution in [0.4, 0.5) is 13.2 Å². The first-order valence-electron chi connectivity index (χ1n) is 5.97. The number of halogens is 6. The van der Waals surface area contributed by atoms with Crippen LogP contribution in [-0.2, 0) is 10.9 Å². The Kier molecular flexibility index (Phi) is 5.08. The highest BCUT2D eigenvalue weighted by Gasteiger charge is 2.34. The maximum atomic E-state index is 12.8. The molecule has 0 bridgehead atoms. The van der Waals surface area contributed by atoms with Crippen molar-refractivity contribution < 1.29 is 22.7 Å². The lowest BCUT2D eigenvalue weighted by molar-refractivity contribution is -0.141. The number of benzene rings is 1. The highest BCUT2D eigenvalue weighted by atomic mass is 35.5. The highest BCUT2D eigenvalue weighted by Crippen LogP contribution is 2.40. The molecule has 0 fully saturated rings. The van der Waals surface area contributed by atoms with E-state index in [0.717, 1.165) is 19.2 Å². The number of rotatable bonds is 2. The normalized spacial score (nSPS) is 11.4. The van der Waals surface area contributed by atoms with E-state index in [-0.39, 0.29) is 26.2 Å². The van der Waals surface area contributed by atoms with Crippen molar-refractivity contribution in [1.29, 1.82) is 0 Å². The minimum atomic E-state index is -4.71. The molecule has 0 N–H and O–H groups in total. The second kappa shape index (κ2) is 6.55. The monoisotopic (exact) mass is 383 g/mol. The number of aromatic nitrogens is 1. The average molecular weight is 385 g/mol. The van der Waals surface area contributed by atoms with Crippen LogP contribution in [0.5, 0.6) is 0 Å². The van der Waals surface area contributed by atoms with Crippen LogP contribution in [0.1, 0.15) is 16.2 Å². The van der Waals surface area contributed by atoms with Gasteiger partial charge in [0.25, 0.3) is 0 Å². The second-order valence-corrected chi connectivity index (χ2v) is 5.47. The van der Waals surface area contributed by atoms with E-state index in [0.29, 0.717) is 0 Å². The van der Waals surface area contributed by atoms with Crippen LogP contribution in [0.15, 0.2) is 24.3 Å². The number of methoxy groups -OCH3 is 1. The van der Waals surface area contributed by atoms with Gasteiger partial charge in [-0.3, -0.25) is 0 Å². The zero-order valence-corrected chi connectivity index (χ0v) is 13.6. The Hall–Kier alpha value is -1.50. The van der Waals surface area contributed by atoms with E-state index >= 15 is 0 Å². The quantitative estimate of drug-likeness (QED) is 0.506. The molecular weight excluding hydrogens is 378 g/mol. The molecule has 23 heavy (non-hydrogen) atoms. The number of carbonyl (C=O) groups is 1. The van der Waals surface area contributed by atoms with Crippen LogP contribution in [0, 0.1) is 0 Å². The number of hydrogen-bond acceptors (Lipinski definition) is 3. The summed E-state index contributed by atoms with van der Waals surface area (Å²) in [5.41, 5.74) is -1.49. The zero-order chi connectivity index (χ0) is 17.4. The van der Waals surface area contributed by atoms with Crippen LogP contribution < -0.4 is 0 Å². The van der Waals surface area contributed by atoms with Crippen molar-refractivity contribution in [2.45, 2.75) is 6.18 Å². The maximum absolute atomic E-state index is 12.8. The Labute approximate surface area is 143 Å². The Morgan fingerprint density at radius 2 is 1.65 bits per heavy atom. The van der Waals surface area contributed by atoms with Crippen molar-refractivity contribution in [3.05, 3.63) is 50.7 Å². The van der Waals surface area contributed by atoms with Gasteiger partial charge < -0.3 is 4.74 Å². The van der Waals surface area contributed by atoms with E-state index in [1.165, 1.54) is 12.1 Å². The summed E-state index contributed by atoms with van der Waals surface area (Å²) in [6, 6.07) is 4.64. The summed E-state index contributed by atoms with van der Waals surface area (Å²) in [4.78, 5) is 15.1. The van der Waals surface area contributed by atoms with Crippen LogP contribution in [-0.4, -0.2) is 18.1 Å². The van der Waals surface area contributed by atoms with E-state index < -0.39 is 23.5 Å². The molecule has 0 radical (unpaired) electrons. The number of alkyl halides is 3. The number of pyridine rings is 1. The summed E-state index contributed by atoms with van der Waals surface area (Å²) < 4.78 is 42.8. The van der Waals surface area contributed by atoms with Crippen molar-refractivity contribution in [3.63, 3.8) is 0 Å². The molecule has 0 aliphatic carbocycles. The largest absolute Gasteiger partial charge is 0.464 e. The lowest BCUT2D eigenvalue weighted by Gasteiger charge is -2.13. The molecule has 0 unspecified atom stereocenters. The average Bonchev–Trinajstić information content (AvgIpc) is 2.51. The van der Waals surface area contributed by atoms with Crippen molar-refractivity contribution in [2.24, 2.45) is 0 Å². The third kappa shape index (κ3) is 3.54. The Morgan fingerprint density at radius 1 is 1.04 bits per heavy atom. The molecule has 0 aliphatic heterocycles. The predicted molar refractivity (Wildman–Crippen MR) is 81.0 cm³/mol. The predicted octanol–water partition coefficient (Wildman–Crippen LogP) is 5.51. The molecule has 0 aliphatic rings. The molecule has 1 aromatic carbocycles. The van der Waals surface area contributed by atoms with Crippen LogP contribution in [0.25, 0.3) is 11.1 Å². The number of esters is 1. The fourth-order valence-electron chi connectivity index (χ4n) is 1.82. The number of nitrogens with zero attached hydrogens (tertiary/aromatic N) is 1. The van der Waals surface area contributed by atoms with E-state index in [1.807, 2.05) is 0 Å². The third-order valence-corrected chi connectivity index (χ3v) is 4.18. The SMILES string of the molecule is COC(=O)c1nc(C(F)(F)F)ccc1-c1ccc(Cl)c(Cl)c1Cl. The molecule has 0 spiro atoms. The highest BCUT2D eigenvalue weighted by molar-refractivity contribution is 6.49. The van der Waals surface area contributed by atoms with Gasteiger partial charge in [0, 0.05) is 11.1 Å². The van der Waals surface area contributed by atoms with Crippen molar-refractivity contribution in [3.8, 4) is 11.1 Å². The summed E-state index contributed by atoms with van der Waals surface area (Å²) in [5.74, 6) is -1.03. The molecule has 0 saturated carbocycles. The summed E-state index contributed by atoms with van der Waals surface area (Å²) in [7, 11) is 1.03. The molecule has 1 heterocycles. The summed E-state index contributed by atoms with van der Waals surface area (Å²) >= 11 is 17.8. The topological polar surface area (TPSA) is 39.2 Å². The summed E-state index contributed by atoms with van der Waals surface area (Å²) in [6.07, 6.45) is -4.71. The van der Waals surface area contributed by atoms with Crippen molar-refractivity contribution in [2.75, 3.05) is 7.11 Å². The molecule has 2 aromatic rings. The van der Waals surface area contributed by atoms with Gasteiger partial charge in [-0.2, -0.15) is 13.2 Å². The van der Waals surface area contributed by atoms with Crippen LogP contribution in [0.3, 0.4) is 0 Å². The molecular formula is C14H7Cl3F3NO2. The van der Waals surface area contributed by atoms with Gasteiger partial charge in [0.1, 0.15) is 5.69 Å². The zero-order valence-electron chi connectivity index (χ0n) is 11.3. The van der Waals surface area contributed by atoms with Crippen LogP contribution >= 0.6 is 34.8 Å². The number of carbonyl (C=O) groups excluding carboxylic acids is 1. The molecule has 0 atom stereocenters. The van der Waals surface area contributed by atoms with Gasteiger partial charge in [-0.15, -0.1) is 0 Å². The Balaban J connectivity index is 2.72. The first-order chi connectivity index (χ1) is 10.7. The van der Waals surface area contributed by atoms with Gasteiger partial charge >= 0.3 is 12.1 Å². The molecule has 9 heteroatoms. The first-order valence-corrected chi connectivity index (χ1v) is 7.10. The standard InChI is InChI=1S/C14H7Cl3F3NO2/c1-23-13(22)12-7(3-5-9(21-12)14(18,19)20)6-2-4-8(15)11(17)10(6)16/h2-5H,1H3. The van der Waals surface area contributed by atoms with E-state index in [4.69, 9.17) is 34.8 Å². The van der Waals surface area contributed by atoms with E-state index in [9.17, 15) is 18.0 Å². The van der Waals surface area contributed by atoms with Crippen LogP contribution in [0.2, 0.25) is 15.1 Å². The Morgan fingerprint density at radius 3 is 2.22 bits per heavy atom. The van der Waals surface area contributed by atoms with Gasteiger partial charge in [-0.1, -0.05) is 40.9 Å². The number of hydrogen-bond donors (Lipinski definition) is 0.